The molecule has 1 N–H and O–H groups in total. The lowest BCUT2D eigenvalue weighted by Gasteiger charge is -2.37. The van der Waals surface area contributed by atoms with Crippen molar-refractivity contribution in [3.8, 4) is 0 Å². The predicted octanol–water partition coefficient (Wildman–Crippen LogP) is 3.97. The average molecular weight is 296 g/mol. The third kappa shape index (κ3) is 3.72. The van der Waals surface area contributed by atoms with Gasteiger partial charge in [0.05, 0.1) is 11.4 Å². The Labute approximate surface area is 121 Å². The lowest BCUT2D eigenvalue weighted by Crippen LogP contribution is -2.34. The second kappa shape index (κ2) is 6.43. The predicted molar refractivity (Wildman–Crippen MR) is 82.1 cm³/mol. The standard InChI is InChI=1S/C16H25O3P/c1-12(2)15-10-9-13(3)11-16(15)19-20(17,18)14-7-5-4-6-8-14/h4-8,12-13,15-16H,9-11H2,1-3H3,(H,17,18)/t13-,15+,16-/m1/s1. The summed E-state index contributed by atoms with van der Waals surface area (Å²) in [4.78, 5) is 10.3. The smallest absolute Gasteiger partial charge is 0.321 e. The molecule has 1 aliphatic carbocycles. The molecule has 1 saturated carbocycles. The zero-order valence-corrected chi connectivity index (χ0v) is 13.4. The normalized spacial score (nSPS) is 30.1. The highest BCUT2D eigenvalue weighted by Gasteiger charge is 2.36. The molecule has 0 radical (unpaired) electrons. The maximum absolute atomic E-state index is 12.5. The van der Waals surface area contributed by atoms with Gasteiger partial charge in [-0.3, -0.25) is 4.57 Å². The van der Waals surface area contributed by atoms with E-state index in [1.165, 1.54) is 6.42 Å². The molecule has 0 spiro atoms. The van der Waals surface area contributed by atoms with Crippen molar-refractivity contribution in [1.82, 2.24) is 0 Å². The van der Waals surface area contributed by atoms with Crippen LogP contribution in [0, 0.1) is 17.8 Å². The van der Waals surface area contributed by atoms with E-state index in [2.05, 4.69) is 20.8 Å². The van der Waals surface area contributed by atoms with Crippen molar-refractivity contribution in [1.29, 1.82) is 0 Å². The fourth-order valence-corrected chi connectivity index (χ4v) is 4.38. The van der Waals surface area contributed by atoms with Gasteiger partial charge >= 0.3 is 7.60 Å². The Hall–Kier alpha value is -0.630. The fraction of sp³-hybridized carbons (Fsp3) is 0.625. The maximum Gasteiger partial charge on any atom is 0.359 e. The number of rotatable bonds is 4. The van der Waals surface area contributed by atoms with Gasteiger partial charge in [-0.15, -0.1) is 0 Å². The summed E-state index contributed by atoms with van der Waals surface area (Å²) in [6.07, 6.45) is 3.03. The van der Waals surface area contributed by atoms with Crippen molar-refractivity contribution < 1.29 is 14.0 Å². The molecule has 112 valence electrons. The topological polar surface area (TPSA) is 46.5 Å². The third-order valence-electron chi connectivity index (χ3n) is 4.32. The number of hydrogen-bond donors (Lipinski definition) is 1. The molecule has 0 aromatic heterocycles. The highest BCUT2D eigenvalue weighted by Crippen LogP contribution is 2.47. The van der Waals surface area contributed by atoms with Crippen molar-refractivity contribution in [2.24, 2.45) is 17.8 Å². The third-order valence-corrected chi connectivity index (χ3v) is 5.83. The van der Waals surface area contributed by atoms with Gasteiger partial charge in [0.1, 0.15) is 0 Å². The summed E-state index contributed by atoms with van der Waals surface area (Å²) in [5, 5.41) is 0.390. The van der Waals surface area contributed by atoms with Crippen molar-refractivity contribution in [2.45, 2.75) is 46.1 Å². The molecule has 3 nitrogen and oxygen atoms in total. The minimum atomic E-state index is -3.72. The molecule has 0 aliphatic heterocycles. The van der Waals surface area contributed by atoms with Crippen LogP contribution in [0.2, 0.25) is 0 Å². The van der Waals surface area contributed by atoms with E-state index >= 15 is 0 Å². The van der Waals surface area contributed by atoms with Gasteiger partial charge in [0.25, 0.3) is 0 Å². The Morgan fingerprint density at radius 2 is 1.90 bits per heavy atom. The first-order chi connectivity index (χ1) is 9.40. The van der Waals surface area contributed by atoms with Crippen LogP contribution < -0.4 is 5.30 Å². The van der Waals surface area contributed by atoms with Crippen molar-refractivity contribution in [3.05, 3.63) is 30.3 Å². The molecule has 0 heterocycles. The summed E-state index contributed by atoms with van der Waals surface area (Å²) in [5.41, 5.74) is 0. The fourth-order valence-electron chi connectivity index (χ4n) is 3.10. The number of benzene rings is 1. The summed E-state index contributed by atoms with van der Waals surface area (Å²) in [6, 6.07) is 8.70. The van der Waals surface area contributed by atoms with E-state index in [4.69, 9.17) is 4.52 Å². The molecule has 0 saturated heterocycles. The first kappa shape index (κ1) is 15.8. The molecule has 1 aromatic rings. The Balaban J connectivity index is 2.15. The van der Waals surface area contributed by atoms with Gasteiger partial charge in [-0.1, -0.05) is 45.4 Å². The lowest BCUT2D eigenvalue weighted by molar-refractivity contribution is 0.0402. The molecule has 0 bridgehead atoms. The Morgan fingerprint density at radius 3 is 2.50 bits per heavy atom. The van der Waals surface area contributed by atoms with E-state index in [9.17, 15) is 9.46 Å². The van der Waals surface area contributed by atoms with Crippen molar-refractivity contribution >= 4 is 12.9 Å². The van der Waals surface area contributed by atoms with Gasteiger partial charge in [0.15, 0.2) is 0 Å². The van der Waals surface area contributed by atoms with Crippen molar-refractivity contribution in [3.63, 3.8) is 0 Å². The second-order valence-electron chi connectivity index (χ2n) is 6.33. The van der Waals surface area contributed by atoms with Crippen LogP contribution in [0.5, 0.6) is 0 Å². The van der Waals surface area contributed by atoms with Crippen LogP contribution in [-0.4, -0.2) is 11.0 Å². The quantitative estimate of drug-likeness (QED) is 0.855. The molecular formula is C16H25O3P. The van der Waals surface area contributed by atoms with Crippen LogP contribution in [0.15, 0.2) is 30.3 Å². The summed E-state index contributed by atoms with van der Waals surface area (Å²) in [6.45, 7) is 6.53. The monoisotopic (exact) mass is 296 g/mol. The van der Waals surface area contributed by atoms with E-state index in [0.29, 0.717) is 23.1 Å². The Morgan fingerprint density at radius 1 is 1.25 bits per heavy atom. The molecule has 1 aliphatic rings. The van der Waals surface area contributed by atoms with E-state index < -0.39 is 7.60 Å². The van der Waals surface area contributed by atoms with E-state index in [0.717, 1.165) is 12.8 Å². The summed E-state index contributed by atoms with van der Waals surface area (Å²) >= 11 is 0. The van der Waals surface area contributed by atoms with Crippen LogP contribution in [0.1, 0.15) is 40.0 Å². The second-order valence-corrected chi connectivity index (χ2v) is 8.09. The molecule has 0 amide bonds. The first-order valence-corrected chi connectivity index (χ1v) is 9.04. The highest BCUT2D eigenvalue weighted by atomic mass is 31.2. The molecule has 1 unspecified atom stereocenters. The molecule has 4 atom stereocenters. The first-order valence-electron chi connectivity index (χ1n) is 7.47. The summed E-state index contributed by atoms with van der Waals surface area (Å²) < 4.78 is 18.2. The summed E-state index contributed by atoms with van der Waals surface area (Å²) in [7, 11) is -3.72. The zero-order valence-electron chi connectivity index (χ0n) is 12.5. The van der Waals surface area contributed by atoms with Gasteiger partial charge < -0.3 is 9.42 Å². The SMILES string of the molecule is CC(C)[C@@H]1CC[C@@H](C)C[C@H]1OP(=O)(O)c1ccccc1. The maximum atomic E-state index is 12.5. The van der Waals surface area contributed by atoms with Gasteiger partial charge in [-0.2, -0.15) is 0 Å². The lowest BCUT2D eigenvalue weighted by atomic mass is 9.75. The largest absolute Gasteiger partial charge is 0.359 e. The molecule has 1 fully saturated rings. The van der Waals surface area contributed by atoms with Crippen LogP contribution in [0.25, 0.3) is 0 Å². The van der Waals surface area contributed by atoms with Crippen molar-refractivity contribution in [2.75, 3.05) is 0 Å². The van der Waals surface area contributed by atoms with Crippen LogP contribution in [0.4, 0.5) is 0 Å². The molecule has 20 heavy (non-hydrogen) atoms. The average Bonchev–Trinajstić information content (AvgIpc) is 2.39. The van der Waals surface area contributed by atoms with E-state index in [-0.39, 0.29) is 6.10 Å². The Bertz CT molecular complexity index is 472. The van der Waals surface area contributed by atoms with E-state index in [1.807, 2.05) is 6.07 Å². The van der Waals surface area contributed by atoms with Gasteiger partial charge in [-0.05, 0) is 42.7 Å². The van der Waals surface area contributed by atoms with Gasteiger partial charge in [0, 0.05) is 0 Å². The minimum Gasteiger partial charge on any atom is -0.321 e. The van der Waals surface area contributed by atoms with Crippen LogP contribution in [0.3, 0.4) is 0 Å². The zero-order chi connectivity index (χ0) is 14.8. The Kier molecular flexibility index (Phi) is 5.06. The molecule has 2 rings (SSSR count). The van der Waals surface area contributed by atoms with Gasteiger partial charge in [-0.25, -0.2) is 0 Å². The van der Waals surface area contributed by atoms with E-state index in [1.54, 1.807) is 24.3 Å². The van der Waals surface area contributed by atoms with Crippen LogP contribution in [-0.2, 0) is 9.09 Å². The minimum absolute atomic E-state index is 0.116. The molecule has 4 heteroatoms. The van der Waals surface area contributed by atoms with Crippen LogP contribution >= 0.6 is 7.60 Å². The number of hydrogen-bond acceptors (Lipinski definition) is 2. The molecule has 1 aromatic carbocycles. The molecular weight excluding hydrogens is 271 g/mol. The summed E-state index contributed by atoms with van der Waals surface area (Å²) in [5.74, 6) is 1.41. The highest BCUT2D eigenvalue weighted by molar-refractivity contribution is 7.61. The van der Waals surface area contributed by atoms with Gasteiger partial charge in [0.2, 0.25) is 0 Å².